The van der Waals surface area contributed by atoms with Crippen LogP contribution in [-0.2, 0) is 4.74 Å². The molecule has 2 heteroatoms. The van der Waals surface area contributed by atoms with Crippen LogP contribution in [0.5, 0.6) is 0 Å². The first-order chi connectivity index (χ1) is 7.84. The van der Waals surface area contributed by atoms with Gasteiger partial charge >= 0.3 is 0 Å². The lowest BCUT2D eigenvalue weighted by Gasteiger charge is -2.23. The van der Waals surface area contributed by atoms with E-state index >= 15 is 0 Å². The van der Waals surface area contributed by atoms with Gasteiger partial charge in [0.05, 0.1) is 19.8 Å². The molecule has 1 aromatic rings. The molecular formula is C14H20NO+. The second-order valence-electron chi connectivity index (χ2n) is 4.44. The van der Waals surface area contributed by atoms with Gasteiger partial charge in [0.15, 0.2) is 0 Å². The number of ether oxygens (including phenoxy) is 1. The minimum absolute atomic E-state index is 0.911. The van der Waals surface area contributed by atoms with Crippen molar-refractivity contribution in [3.63, 3.8) is 0 Å². The Balaban J connectivity index is 1.91. The van der Waals surface area contributed by atoms with Crippen LogP contribution in [0.15, 0.2) is 35.9 Å². The third kappa shape index (κ3) is 3.47. The lowest BCUT2D eigenvalue weighted by atomic mass is 10.1. The second-order valence-corrected chi connectivity index (χ2v) is 4.44. The Kier molecular flexibility index (Phi) is 4.14. The summed E-state index contributed by atoms with van der Waals surface area (Å²) in [5.41, 5.74) is 2.75. The molecule has 1 N–H and O–H groups in total. The molecule has 1 fully saturated rings. The smallest absolute Gasteiger partial charge is 0.101 e. The lowest BCUT2D eigenvalue weighted by molar-refractivity contribution is -0.903. The Morgan fingerprint density at radius 3 is 2.62 bits per heavy atom. The number of rotatable bonds is 3. The molecule has 0 spiro atoms. The molecule has 0 atom stereocenters. The van der Waals surface area contributed by atoms with Gasteiger partial charge in [-0.05, 0) is 18.1 Å². The Bertz CT molecular complexity index is 339. The van der Waals surface area contributed by atoms with E-state index in [-0.39, 0.29) is 0 Å². The van der Waals surface area contributed by atoms with Crippen molar-refractivity contribution in [1.29, 1.82) is 0 Å². The van der Waals surface area contributed by atoms with Crippen molar-refractivity contribution in [3.8, 4) is 0 Å². The number of hydrogen-bond donors (Lipinski definition) is 1. The van der Waals surface area contributed by atoms with Crippen molar-refractivity contribution in [1.82, 2.24) is 0 Å². The third-order valence-electron chi connectivity index (χ3n) is 2.94. The summed E-state index contributed by atoms with van der Waals surface area (Å²) in [4.78, 5) is 1.64. The monoisotopic (exact) mass is 218 g/mol. The first kappa shape index (κ1) is 11.4. The number of benzene rings is 1. The molecule has 0 unspecified atom stereocenters. The summed E-state index contributed by atoms with van der Waals surface area (Å²) in [7, 11) is 0. The van der Waals surface area contributed by atoms with Gasteiger partial charge in [0.2, 0.25) is 0 Å². The van der Waals surface area contributed by atoms with Crippen molar-refractivity contribution in [2.75, 3.05) is 32.8 Å². The molecule has 16 heavy (non-hydrogen) atoms. The molecule has 1 aromatic carbocycles. The molecule has 1 heterocycles. The van der Waals surface area contributed by atoms with Crippen LogP contribution in [0.2, 0.25) is 0 Å². The van der Waals surface area contributed by atoms with Gasteiger partial charge in [-0.2, -0.15) is 0 Å². The third-order valence-corrected chi connectivity index (χ3v) is 2.94. The molecular weight excluding hydrogens is 198 g/mol. The second kappa shape index (κ2) is 5.83. The van der Waals surface area contributed by atoms with Crippen molar-refractivity contribution in [2.24, 2.45) is 0 Å². The topological polar surface area (TPSA) is 13.7 Å². The van der Waals surface area contributed by atoms with Crippen molar-refractivity contribution in [2.45, 2.75) is 6.92 Å². The Morgan fingerprint density at radius 1 is 1.25 bits per heavy atom. The number of morpholine rings is 1. The normalized spacial score (nSPS) is 18.7. The highest BCUT2D eigenvalue weighted by Gasteiger charge is 2.13. The van der Waals surface area contributed by atoms with E-state index in [2.05, 4.69) is 43.3 Å². The van der Waals surface area contributed by atoms with Gasteiger partial charge in [-0.1, -0.05) is 36.4 Å². The number of hydrogen-bond acceptors (Lipinski definition) is 1. The standard InChI is InChI=1S/C14H19NO/c1-13(11-14-5-3-2-4-6-14)12-15-7-9-16-10-8-15/h2-6,11H,7-10,12H2,1H3/p+1/b13-11+. The summed E-state index contributed by atoms with van der Waals surface area (Å²) in [5, 5.41) is 0. The summed E-state index contributed by atoms with van der Waals surface area (Å²) >= 11 is 0. The fraction of sp³-hybridized carbons (Fsp3) is 0.429. The molecule has 2 rings (SSSR count). The minimum Gasteiger partial charge on any atom is -0.370 e. The van der Waals surface area contributed by atoms with E-state index in [0.29, 0.717) is 0 Å². The van der Waals surface area contributed by atoms with Gasteiger partial charge < -0.3 is 9.64 Å². The van der Waals surface area contributed by atoms with Gasteiger partial charge in [-0.3, -0.25) is 0 Å². The van der Waals surface area contributed by atoms with Crippen molar-refractivity contribution < 1.29 is 9.64 Å². The summed E-state index contributed by atoms with van der Waals surface area (Å²) in [6, 6.07) is 10.5. The Hall–Kier alpha value is -1.12. The van der Waals surface area contributed by atoms with Gasteiger partial charge in [0.1, 0.15) is 13.1 Å². The highest BCUT2D eigenvalue weighted by Crippen LogP contribution is 2.04. The van der Waals surface area contributed by atoms with E-state index in [4.69, 9.17) is 4.74 Å². The van der Waals surface area contributed by atoms with Crippen LogP contribution >= 0.6 is 0 Å². The largest absolute Gasteiger partial charge is 0.370 e. The van der Waals surface area contributed by atoms with Crippen LogP contribution in [0.3, 0.4) is 0 Å². The van der Waals surface area contributed by atoms with E-state index < -0.39 is 0 Å². The van der Waals surface area contributed by atoms with Gasteiger partial charge in [0.25, 0.3) is 0 Å². The molecule has 0 bridgehead atoms. The highest BCUT2D eigenvalue weighted by atomic mass is 16.5. The lowest BCUT2D eigenvalue weighted by Crippen LogP contribution is -3.14. The van der Waals surface area contributed by atoms with Crippen LogP contribution < -0.4 is 4.90 Å². The molecule has 2 nitrogen and oxygen atoms in total. The number of nitrogens with one attached hydrogen (secondary N) is 1. The maximum Gasteiger partial charge on any atom is 0.101 e. The molecule has 1 aliphatic rings. The van der Waals surface area contributed by atoms with Crippen molar-refractivity contribution in [3.05, 3.63) is 41.5 Å². The number of quaternary nitrogens is 1. The maximum atomic E-state index is 5.36. The quantitative estimate of drug-likeness (QED) is 0.799. The molecule has 86 valence electrons. The zero-order chi connectivity index (χ0) is 11.2. The molecule has 0 saturated carbocycles. The van der Waals surface area contributed by atoms with E-state index in [9.17, 15) is 0 Å². The van der Waals surface area contributed by atoms with Gasteiger partial charge in [0, 0.05) is 0 Å². The van der Waals surface area contributed by atoms with Crippen LogP contribution in [0, 0.1) is 0 Å². The van der Waals surface area contributed by atoms with Crippen LogP contribution in [0.1, 0.15) is 12.5 Å². The summed E-state index contributed by atoms with van der Waals surface area (Å²) in [6.07, 6.45) is 2.28. The van der Waals surface area contributed by atoms with E-state index in [0.717, 1.165) is 32.8 Å². The van der Waals surface area contributed by atoms with Crippen molar-refractivity contribution >= 4 is 6.08 Å². The minimum atomic E-state index is 0.911. The zero-order valence-electron chi connectivity index (χ0n) is 9.91. The molecule has 0 amide bonds. The van der Waals surface area contributed by atoms with Gasteiger partial charge in [-0.25, -0.2) is 0 Å². The SMILES string of the molecule is C/C(=C\c1ccccc1)C[NH+]1CCOCC1. The molecule has 1 aliphatic heterocycles. The first-order valence-corrected chi connectivity index (χ1v) is 5.98. The van der Waals surface area contributed by atoms with Gasteiger partial charge in [-0.15, -0.1) is 0 Å². The molecule has 0 aromatic heterocycles. The van der Waals surface area contributed by atoms with Crippen LogP contribution in [0.25, 0.3) is 6.08 Å². The predicted molar refractivity (Wildman–Crippen MR) is 66.5 cm³/mol. The average molecular weight is 218 g/mol. The summed E-state index contributed by atoms with van der Waals surface area (Å²) in [6.45, 7) is 7.45. The fourth-order valence-corrected chi connectivity index (χ4v) is 2.12. The summed E-state index contributed by atoms with van der Waals surface area (Å²) in [5.74, 6) is 0. The van der Waals surface area contributed by atoms with Crippen LogP contribution in [0.4, 0.5) is 0 Å². The fourth-order valence-electron chi connectivity index (χ4n) is 2.12. The zero-order valence-corrected chi connectivity index (χ0v) is 9.91. The van der Waals surface area contributed by atoms with E-state index in [1.807, 2.05) is 0 Å². The highest BCUT2D eigenvalue weighted by molar-refractivity contribution is 5.52. The Morgan fingerprint density at radius 2 is 1.94 bits per heavy atom. The van der Waals surface area contributed by atoms with E-state index in [1.54, 1.807) is 4.90 Å². The predicted octanol–water partition coefficient (Wildman–Crippen LogP) is 1.00. The molecule has 0 radical (unpaired) electrons. The molecule has 1 saturated heterocycles. The summed E-state index contributed by atoms with van der Waals surface area (Å²) < 4.78 is 5.36. The Labute approximate surface area is 97.5 Å². The molecule has 0 aliphatic carbocycles. The van der Waals surface area contributed by atoms with E-state index in [1.165, 1.54) is 11.1 Å². The first-order valence-electron chi connectivity index (χ1n) is 5.98. The average Bonchev–Trinajstić information content (AvgIpc) is 2.31. The van der Waals surface area contributed by atoms with Crippen LogP contribution in [-0.4, -0.2) is 32.8 Å². The maximum absolute atomic E-state index is 5.36.